The standard InChI is InChI=1S/C19H20O5/c20-10-16-9-15(19(21)22)4-5-18(16)14-3-1-2-13(8-14)11-24-17-6-7-23-12-17/h1-5,8-9,17,20H,6-7,10-12H2,(H,21,22). The predicted molar refractivity (Wildman–Crippen MR) is 88.8 cm³/mol. The third kappa shape index (κ3) is 3.82. The van der Waals surface area contributed by atoms with Gasteiger partial charge in [-0.2, -0.15) is 0 Å². The van der Waals surface area contributed by atoms with Crippen molar-refractivity contribution in [1.29, 1.82) is 0 Å². The third-order valence-electron chi connectivity index (χ3n) is 4.13. The number of carbonyl (C=O) groups is 1. The second-order valence-electron chi connectivity index (χ2n) is 5.83. The first kappa shape index (κ1) is 16.6. The van der Waals surface area contributed by atoms with E-state index in [-0.39, 0.29) is 18.3 Å². The van der Waals surface area contributed by atoms with Gasteiger partial charge >= 0.3 is 5.97 Å². The van der Waals surface area contributed by atoms with Crippen molar-refractivity contribution in [2.24, 2.45) is 0 Å². The van der Waals surface area contributed by atoms with Gasteiger partial charge in [-0.05, 0) is 46.9 Å². The summed E-state index contributed by atoms with van der Waals surface area (Å²) in [5.41, 5.74) is 3.56. The van der Waals surface area contributed by atoms with Crippen molar-refractivity contribution in [3.63, 3.8) is 0 Å². The summed E-state index contributed by atoms with van der Waals surface area (Å²) in [6.45, 7) is 1.69. The Bertz CT molecular complexity index is 719. The molecule has 0 bridgehead atoms. The van der Waals surface area contributed by atoms with E-state index in [0.29, 0.717) is 18.8 Å². The van der Waals surface area contributed by atoms with Crippen LogP contribution in [0.15, 0.2) is 42.5 Å². The number of hydrogen-bond donors (Lipinski definition) is 2. The van der Waals surface area contributed by atoms with Gasteiger partial charge in [0.1, 0.15) is 0 Å². The molecule has 126 valence electrons. The summed E-state index contributed by atoms with van der Waals surface area (Å²) in [6, 6.07) is 12.7. The van der Waals surface area contributed by atoms with Gasteiger partial charge in [-0.1, -0.05) is 24.3 Å². The van der Waals surface area contributed by atoms with Crippen molar-refractivity contribution in [2.75, 3.05) is 13.2 Å². The zero-order valence-corrected chi connectivity index (χ0v) is 13.3. The minimum Gasteiger partial charge on any atom is -0.478 e. The van der Waals surface area contributed by atoms with Crippen LogP contribution in [0.1, 0.15) is 27.9 Å². The van der Waals surface area contributed by atoms with Gasteiger partial charge < -0.3 is 19.7 Å². The maximum absolute atomic E-state index is 11.1. The highest BCUT2D eigenvalue weighted by atomic mass is 16.5. The number of hydrogen-bond acceptors (Lipinski definition) is 4. The van der Waals surface area contributed by atoms with E-state index in [1.807, 2.05) is 24.3 Å². The number of aliphatic hydroxyl groups is 1. The van der Waals surface area contributed by atoms with Crippen molar-refractivity contribution >= 4 is 5.97 Å². The Morgan fingerprint density at radius 2 is 2.12 bits per heavy atom. The first-order chi connectivity index (χ1) is 11.7. The normalized spacial score (nSPS) is 17.1. The third-order valence-corrected chi connectivity index (χ3v) is 4.13. The molecule has 2 aromatic carbocycles. The van der Waals surface area contributed by atoms with E-state index in [0.717, 1.165) is 29.7 Å². The minimum atomic E-state index is -1.00. The van der Waals surface area contributed by atoms with Crippen LogP contribution in [0.25, 0.3) is 11.1 Å². The Kier molecular flexibility index (Phi) is 5.25. The van der Waals surface area contributed by atoms with Crippen molar-refractivity contribution in [3.05, 3.63) is 59.2 Å². The Hall–Kier alpha value is -2.21. The molecule has 2 aromatic rings. The molecule has 0 aromatic heterocycles. The summed E-state index contributed by atoms with van der Waals surface area (Å²) in [7, 11) is 0. The number of ether oxygens (including phenoxy) is 2. The topological polar surface area (TPSA) is 76.0 Å². The van der Waals surface area contributed by atoms with Crippen LogP contribution in [-0.2, 0) is 22.7 Å². The first-order valence-electron chi connectivity index (χ1n) is 7.93. The van der Waals surface area contributed by atoms with Gasteiger partial charge in [-0.25, -0.2) is 4.79 Å². The van der Waals surface area contributed by atoms with Crippen LogP contribution in [0.2, 0.25) is 0 Å². The molecule has 1 atom stereocenters. The Morgan fingerprint density at radius 3 is 2.83 bits per heavy atom. The Labute approximate surface area is 140 Å². The molecule has 0 saturated carbocycles. The highest BCUT2D eigenvalue weighted by molar-refractivity contribution is 5.89. The van der Waals surface area contributed by atoms with Crippen molar-refractivity contribution < 1.29 is 24.5 Å². The predicted octanol–water partition coefficient (Wildman–Crippen LogP) is 2.85. The number of carboxylic acid groups (broad SMARTS) is 1. The van der Waals surface area contributed by atoms with Gasteiger partial charge in [-0.15, -0.1) is 0 Å². The zero-order chi connectivity index (χ0) is 16.9. The molecule has 24 heavy (non-hydrogen) atoms. The summed E-state index contributed by atoms with van der Waals surface area (Å²) in [5, 5.41) is 18.6. The number of carboxylic acids is 1. The van der Waals surface area contributed by atoms with Crippen LogP contribution in [0.4, 0.5) is 0 Å². The lowest BCUT2D eigenvalue weighted by Gasteiger charge is -2.12. The van der Waals surface area contributed by atoms with Crippen molar-refractivity contribution in [2.45, 2.75) is 25.7 Å². The van der Waals surface area contributed by atoms with Crippen LogP contribution in [-0.4, -0.2) is 35.5 Å². The monoisotopic (exact) mass is 328 g/mol. The lowest BCUT2D eigenvalue weighted by Crippen LogP contribution is -2.11. The molecule has 2 N–H and O–H groups in total. The molecule has 5 heteroatoms. The summed E-state index contributed by atoms with van der Waals surface area (Å²) >= 11 is 0. The maximum Gasteiger partial charge on any atom is 0.335 e. The molecular weight excluding hydrogens is 308 g/mol. The zero-order valence-electron chi connectivity index (χ0n) is 13.3. The highest BCUT2D eigenvalue weighted by Crippen LogP contribution is 2.26. The first-order valence-corrected chi connectivity index (χ1v) is 7.93. The molecule has 5 nitrogen and oxygen atoms in total. The molecular formula is C19H20O5. The van der Waals surface area contributed by atoms with Crippen LogP contribution >= 0.6 is 0 Å². The lowest BCUT2D eigenvalue weighted by molar-refractivity contribution is 0.0318. The maximum atomic E-state index is 11.1. The van der Waals surface area contributed by atoms with Crippen LogP contribution < -0.4 is 0 Å². The second kappa shape index (κ2) is 7.57. The average molecular weight is 328 g/mol. The second-order valence-corrected chi connectivity index (χ2v) is 5.83. The quantitative estimate of drug-likeness (QED) is 0.853. The number of aliphatic hydroxyl groups excluding tert-OH is 1. The molecule has 3 rings (SSSR count). The molecule has 0 radical (unpaired) electrons. The smallest absolute Gasteiger partial charge is 0.335 e. The van der Waals surface area contributed by atoms with E-state index in [1.54, 1.807) is 12.1 Å². The van der Waals surface area contributed by atoms with Gasteiger partial charge in [0.25, 0.3) is 0 Å². The highest BCUT2D eigenvalue weighted by Gasteiger charge is 2.16. The number of aromatic carboxylic acids is 1. The molecule has 1 aliphatic rings. The average Bonchev–Trinajstić information content (AvgIpc) is 3.13. The molecule has 0 spiro atoms. The van der Waals surface area contributed by atoms with E-state index >= 15 is 0 Å². The molecule has 0 amide bonds. The van der Waals surface area contributed by atoms with Crippen LogP contribution in [0.3, 0.4) is 0 Å². The molecule has 1 saturated heterocycles. The molecule has 1 aliphatic heterocycles. The lowest BCUT2D eigenvalue weighted by atomic mass is 9.96. The van der Waals surface area contributed by atoms with E-state index in [9.17, 15) is 9.90 Å². The van der Waals surface area contributed by atoms with Crippen molar-refractivity contribution in [1.82, 2.24) is 0 Å². The minimum absolute atomic E-state index is 0.150. The summed E-state index contributed by atoms with van der Waals surface area (Å²) in [5.74, 6) is -1.00. The van der Waals surface area contributed by atoms with Gasteiger partial charge in [-0.3, -0.25) is 0 Å². The van der Waals surface area contributed by atoms with E-state index in [2.05, 4.69) is 0 Å². The molecule has 1 unspecified atom stereocenters. The van der Waals surface area contributed by atoms with Crippen LogP contribution in [0, 0.1) is 0 Å². The van der Waals surface area contributed by atoms with E-state index in [1.165, 1.54) is 6.07 Å². The fraction of sp³-hybridized carbons (Fsp3) is 0.316. The van der Waals surface area contributed by atoms with Gasteiger partial charge in [0.05, 0.1) is 31.5 Å². The fourth-order valence-electron chi connectivity index (χ4n) is 2.83. The van der Waals surface area contributed by atoms with Crippen molar-refractivity contribution in [3.8, 4) is 11.1 Å². The number of benzene rings is 2. The van der Waals surface area contributed by atoms with E-state index in [4.69, 9.17) is 14.6 Å². The molecule has 0 aliphatic carbocycles. The van der Waals surface area contributed by atoms with Gasteiger partial charge in [0.2, 0.25) is 0 Å². The van der Waals surface area contributed by atoms with E-state index < -0.39 is 5.97 Å². The number of rotatable bonds is 6. The Balaban J connectivity index is 1.81. The largest absolute Gasteiger partial charge is 0.478 e. The molecule has 1 heterocycles. The fourth-order valence-corrected chi connectivity index (χ4v) is 2.83. The summed E-state index contributed by atoms with van der Waals surface area (Å²) in [6.07, 6.45) is 1.07. The Morgan fingerprint density at radius 1 is 1.25 bits per heavy atom. The summed E-state index contributed by atoms with van der Waals surface area (Å²) < 4.78 is 11.1. The van der Waals surface area contributed by atoms with Gasteiger partial charge in [0, 0.05) is 6.61 Å². The summed E-state index contributed by atoms with van der Waals surface area (Å²) in [4.78, 5) is 11.1. The van der Waals surface area contributed by atoms with Crippen LogP contribution in [0.5, 0.6) is 0 Å². The SMILES string of the molecule is O=C(O)c1ccc(-c2cccc(COC3CCOC3)c2)c(CO)c1. The molecule has 1 fully saturated rings. The van der Waals surface area contributed by atoms with Gasteiger partial charge in [0.15, 0.2) is 0 Å².